The van der Waals surface area contributed by atoms with Gasteiger partial charge in [0.05, 0.1) is 5.75 Å². The number of rotatable bonds is 6. The van der Waals surface area contributed by atoms with Gasteiger partial charge in [0.15, 0.2) is 16.8 Å². The van der Waals surface area contributed by atoms with E-state index in [0.29, 0.717) is 16.7 Å². The largest absolute Gasteiger partial charge is 0.360 e. The van der Waals surface area contributed by atoms with E-state index in [1.807, 2.05) is 60.0 Å². The number of anilines is 1. The van der Waals surface area contributed by atoms with E-state index in [1.54, 1.807) is 13.0 Å². The molecule has 2 aromatic heterocycles. The quantitative estimate of drug-likeness (QED) is 0.482. The van der Waals surface area contributed by atoms with E-state index in [-0.39, 0.29) is 11.7 Å². The summed E-state index contributed by atoms with van der Waals surface area (Å²) in [5.41, 5.74) is 3.03. The fourth-order valence-corrected chi connectivity index (χ4v) is 3.62. The third kappa shape index (κ3) is 4.38. The Labute approximate surface area is 172 Å². The van der Waals surface area contributed by atoms with Gasteiger partial charge in [0, 0.05) is 17.3 Å². The Morgan fingerprint density at radius 1 is 1.07 bits per heavy atom. The highest BCUT2D eigenvalue weighted by atomic mass is 32.2. The molecule has 0 spiro atoms. The molecule has 2 heterocycles. The van der Waals surface area contributed by atoms with E-state index in [2.05, 4.69) is 26.7 Å². The number of amides is 1. The lowest BCUT2D eigenvalue weighted by atomic mass is 10.2. The molecule has 0 saturated carbocycles. The topological polar surface area (TPSA) is 85.8 Å². The van der Waals surface area contributed by atoms with Gasteiger partial charge >= 0.3 is 0 Å². The minimum absolute atomic E-state index is 0.171. The first-order valence-corrected chi connectivity index (χ1v) is 10.0. The zero-order valence-electron chi connectivity index (χ0n) is 16.0. The molecule has 4 rings (SSSR count). The lowest BCUT2D eigenvalue weighted by Gasteiger charge is -2.11. The standard InChI is InChI=1S/C21H19N5O2S/c1-14-7-6-10-17(11-14)26-20(16-8-4-3-5-9-16)23-24-21(26)29-13-19(27)22-18-12-15(2)28-25-18/h3-12H,13H2,1-2H3,(H,22,25,27). The fourth-order valence-electron chi connectivity index (χ4n) is 2.87. The van der Waals surface area contributed by atoms with Crippen LogP contribution in [0.3, 0.4) is 0 Å². The molecular weight excluding hydrogens is 386 g/mol. The minimum Gasteiger partial charge on any atom is -0.360 e. The van der Waals surface area contributed by atoms with Crippen molar-refractivity contribution in [3.05, 3.63) is 72.0 Å². The highest BCUT2D eigenvalue weighted by molar-refractivity contribution is 7.99. The summed E-state index contributed by atoms with van der Waals surface area (Å²) in [6.07, 6.45) is 0. The number of nitrogens with zero attached hydrogens (tertiary/aromatic N) is 4. The van der Waals surface area contributed by atoms with Crippen molar-refractivity contribution in [2.75, 3.05) is 11.1 Å². The average molecular weight is 405 g/mol. The number of carbonyl (C=O) groups is 1. The number of hydrogen-bond donors (Lipinski definition) is 1. The SMILES string of the molecule is Cc1cccc(-n2c(SCC(=O)Nc3cc(C)on3)nnc2-c2ccccc2)c1. The van der Waals surface area contributed by atoms with Gasteiger partial charge < -0.3 is 9.84 Å². The number of carbonyl (C=O) groups excluding carboxylic acids is 1. The normalized spacial score (nSPS) is 10.8. The molecule has 0 aliphatic rings. The van der Waals surface area contributed by atoms with Crippen molar-refractivity contribution in [2.24, 2.45) is 0 Å². The van der Waals surface area contributed by atoms with Gasteiger partial charge in [-0.05, 0) is 31.5 Å². The second kappa shape index (κ2) is 8.32. The molecule has 0 unspecified atom stereocenters. The molecule has 7 nitrogen and oxygen atoms in total. The molecule has 2 aromatic carbocycles. The molecule has 0 aliphatic carbocycles. The second-order valence-electron chi connectivity index (χ2n) is 6.51. The molecule has 0 radical (unpaired) electrons. The van der Waals surface area contributed by atoms with Crippen molar-refractivity contribution in [1.29, 1.82) is 0 Å². The van der Waals surface area contributed by atoms with Gasteiger partial charge in [-0.15, -0.1) is 10.2 Å². The van der Waals surface area contributed by atoms with Crippen molar-refractivity contribution in [3.63, 3.8) is 0 Å². The van der Waals surface area contributed by atoms with Crippen molar-refractivity contribution < 1.29 is 9.32 Å². The molecule has 1 N–H and O–H groups in total. The predicted molar refractivity (Wildman–Crippen MR) is 112 cm³/mol. The molecular formula is C21H19N5O2S. The lowest BCUT2D eigenvalue weighted by Crippen LogP contribution is -2.14. The second-order valence-corrected chi connectivity index (χ2v) is 7.45. The van der Waals surface area contributed by atoms with E-state index >= 15 is 0 Å². The van der Waals surface area contributed by atoms with E-state index in [4.69, 9.17) is 4.52 Å². The fraction of sp³-hybridized carbons (Fsp3) is 0.143. The molecule has 146 valence electrons. The van der Waals surface area contributed by atoms with Crippen LogP contribution in [0, 0.1) is 13.8 Å². The third-order valence-corrected chi connectivity index (χ3v) is 5.08. The van der Waals surface area contributed by atoms with Crippen LogP contribution in [-0.4, -0.2) is 31.6 Å². The van der Waals surface area contributed by atoms with Crippen LogP contribution < -0.4 is 5.32 Å². The van der Waals surface area contributed by atoms with Gasteiger partial charge in [0.1, 0.15) is 5.76 Å². The first-order valence-electron chi connectivity index (χ1n) is 9.04. The monoisotopic (exact) mass is 405 g/mol. The number of thioether (sulfide) groups is 1. The van der Waals surface area contributed by atoms with Crippen LogP contribution in [0.2, 0.25) is 0 Å². The van der Waals surface area contributed by atoms with Gasteiger partial charge in [0.2, 0.25) is 5.91 Å². The van der Waals surface area contributed by atoms with Crippen LogP contribution in [0.15, 0.2) is 70.3 Å². The molecule has 8 heteroatoms. The van der Waals surface area contributed by atoms with E-state index in [9.17, 15) is 4.79 Å². The zero-order chi connectivity index (χ0) is 20.2. The minimum atomic E-state index is -0.191. The van der Waals surface area contributed by atoms with Gasteiger partial charge in [-0.3, -0.25) is 9.36 Å². The number of aryl methyl sites for hydroxylation is 2. The summed E-state index contributed by atoms with van der Waals surface area (Å²) in [6, 6.07) is 19.6. The molecule has 29 heavy (non-hydrogen) atoms. The molecule has 0 atom stereocenters. The Morgan fingerprint density at radius 3 is 2.62 bits per heavy atom. The van der Waals surface area contributed by atoms with E-state index < -0.39 is 0 Å². The van der Waals surface area contributed by atoms with Crippen LogP contribution in [0.5, 0.6) is 0 Å². The number of aromatic nitrogens is 4. The van der Waals surface area contributed by atoms with Crippen molar-refractivity contribution in [1.82, 2.24) is 19.9 Å². The summed E-state index contributed by atoms with van der Waals surface area (Å²) in [6.45, 7) is 3.81. The van der Waals surface area contributed by atoms with Crippen LogP contribution in [0.4, 0.5) is 5.82 Å². The van der Waals surface area contributed by atoms with Crippen molar-refractivity contribution >= 4 is 23.5 Å². The highest BCUT2D eigenvalue weighted by Crippen LogP contribution is 2.28. The Morgan fingerprint density at radius 2 is 1.90 bits per heavy atom. The van der Waals surface area contributed by atoms with E-state index in [0.717, 1.165) is 22.6 Å². The summed E-state index contributed by atoms with van der Waals surface area (Å²) in [5.74, 6) is 1.75. The lowest BCUT2D eigenvalue weighted by molar-refractivity contribution is -0.113. The zero-order valence-corrected chi connectivity index (χ0v) is 16.8. The molecule has 0 bridgehead atoms. The van der Waals surface area contributed by atoms with Crippen molar-refractivity contribution in [3.8, 4) is 17.1 Å². The number of benzene rings is 2. The smallest absolute Gasteiger partial charge is 0.236 e. The Kier molecular flexibility index (Phi) is 5.44. The first-order chi connectivity index (χ1) is 14.1. The average Bonchev–Trinajstić information content (AvgIpc) is 3.33. The van der Waals surface area contributed by atoms with Crippen molar-refractivity contribution in [2.45, 2.75) is 19.0 Å². The van der Waals surface area contributed by atoms with Gasteiger partial charge in [-0.1, -0.05) is 59.4 Å². The van der Waals surface area contributed by atoms with Crippen LogP contribution in [-0.2, 0) is 4.79 Å². The van der Waals surface area contributed by atoms with Gasteiger partial charge in [-0.2, -0.15) is 0 Å². The Hall–Kier alpha value is -3.39. The Bertz CT molecular complexity index is 1140. The van der Waals surface area contributed by atoms with Gasteiger partial charge in [0.25, 0.3) is 0 Å². The summed E-state index contributed by atoms with van der Waals surface area (Å²) >= 11 is 1.32. The van der Waals surface area contributed by atoms with Crippen LogP contribution >= 0.6 is 11.8 Å². The van der Waals surface area contributed by atoms with E-state index in [1.165, 1.54) is 11.8 Å². The highest BCUT2D eigenvalue weighted by Gasteiger charge is 2.17. The van der Waals surface area contributed by atoms with Crippen LogP contribution in [0.25, 0.3) is 17.1 Å². The molecule has 0 saturated heterocycles. The number of nitrogens with one attached hydrogen (secondary N) is 1. The molecule has 1 amide bonds. The summed E-state index contributed by atoms with van der Waals surface area (Å²) < 4.78 is 6.94. The maximum atomic E-state index is 12.3. The maximum Gasteiger partial charge on any atom is 0.236 e. The summed E-state index contributed by atoms with van der Waals surface area (Å²) in [4.78, 5) is 12.3. The predicted octanol–water partition coefficient (Wildman–Crippen LogP) is 4.27. The van der Waals surface area contributed by atoms with Gasteiger partial charge in [-0.25, -0.2) is 0 Å². The molecule has 0 aliphatic heterocycles. The number of hydrogen-bond acceptors (Lipinski definition) is 6. The first kappa shape index (κ1) is 18.9. The Balaban J connectivity index is 1.61. The molecule has 0 fully saturated rings. The van der Waals surface area contributed by atoms with Crippen LogP contribution in [0.1, 0.15) is 11.3 Å². The third-order valence-electron chi connectivity index (χ3n) is 4.15. The maximum absolute atomic E-state index is 12.3. The summed E-state index contributed by atoms with van der Waals surface area (Å²) in [5, 5.41) is 15.9. The molecule has 4 aromatic rings. The summed E-state index contributed by atoms with van der Waals surface area (Å²) in [7, 11) is 0.